The van der Waals surface area contributed by atoms with Crippen molar-refractivity contribution < 1.29 is 14.4 Å². The number of carbonyl (C=O) groups excluding carboxylic acids is 3. The van der Waals surface area contributed by atoms with Gasteiger partial charge in [-0.15, -0.1) is 11.8 Å². The van der Waals surface area contributed by atoms with Crippen molar-refractivity contribution in [3.63, 3.8) is 0 Å². The van der Waals surface area contributed by atoms with Gasteiger partial charge in [0.05, 0.1) is 0 Å². The number of anilines is 1. The van der Waals surface area contributed by atoms with Crippen LogP contribution in [0.2, 0.25) is 0 Å². The van der Waals surface area contributed by atoms with E-state index in [1.54, 1.807) is 30.8 Å². The number of amides is 4. The van der Waals surface area contributed by atoms with E-state index in [1.165, 1.54) is 0 Å². The van der Waals surface area contributed by atoms with Crippen LogP contribution >= 0.6 is 11.8 Å². The number of urea groups is 1. The summed E-state index contributed by atoms with van der Waals surface area (Å²) in [5.74, 6) is -0.881. The Labute approximate surface area is 178 Å². The van der Waals surface area contributed by atoms with Gasteiger partial charge >= 0.3 is 6.03 Å². The van der Waals surface area contributed by atoms with Crippen molar-refractivity contribution in [2.45, 2.75) is 17.4 Å². The highest BCUT2D eigenvalue weighted by Gasteiger charge is 2.49. The standard InChI is InChI=1S/C23H21N3O3S/c1-23(17-8-7-15-5-3-4-6-16(15)13-17)21(28)26(22(29)25-23)14-20(27)24-18-9-11-19(30-2)12-10-18/h3-13H,14H2,1-2H3,(H,24,27)(H,25,29)/t23-/m1/s1. The Morgan fingerprint density at radius 1 is 1.03 bits per heavy atom. The molecule has 0 bridgehead atoms. The molecule has 0 saturated carbocycles. The van der Waals surface area contributed by atoms with Gasteiger partial charge in [0.15, 0.2) is 0 Å². The number of nitrogens with one attached hydrogen (secondary N) is 2. The number of nitrogens with zero attached hydrogens (tertiary/aromatic N) is 1. The number of rotatable bonds is 5. The lowest BCUT2D eigenvalue weighted by Gasteiger charge is -2.22. The first-order valence-electron chi connectivity index (χ1n) is 9.48. The molecule has 1 aliphatic rings. The molecule has 0 aromatic heterocycles. The maximum Gasteiger partial charge on any atom is 0.325 e. The molecule has 7 heteroatoms. The Hall–Kier alpha value is -3.32. The van der Waals surface area contributed by atoms with Crippen LogP contribution in [0.4, 0.5) is 10.5 Å². The molecule has 0 unspecified atom stereocenters. The molecule has 0 aliphatic carbocycles. The number of hydrogen-bond acceptors (Lipinski definition) is 4. The van der Waals surface area contributed by atoms with E-state index in [0.29, 0.717) is 11.3 Å². The van der Waals surface area contributed by atoms with Crippen molar-refractivity contribution >= 4 is 46.1 Å². The molecule has 3 aromatic rings. The Balaban J connectivity index is 1.51. The van der Waals surface area contributed by atoms with Crippen molar-refractivity contribution in [2.24, 2.45) is 0 Å². The van der Waals surface area contributed by atoms with E-state index < -0.39 is 23.4 Å². The highest BCUT2D eigenvalue weighted by Crippen LogP contribution is 2.31. The highest BCUT2D eigenvalue weighted by molar-refractivity contribution is 7.98. The molecule has 0 radical (unpaired) electrons. The second-order valence-corrected chi connectivity index (χ2v) is 8.16. The normalized spacial score (nSPS) is 18.5. The molecule has 1 atom stereocenters. The lowest BCUT2D eigenvalue weighted by atomic mass is 9.90. The molecule has 3 aromatic carbocycles. The predicted octanol–water partition coefficient (Wildman–Crippen LogP) is 3.97. The Bertz CT molecular complexity index is 1150. The third-order valence-corrected chi connectivity index (χ3v) is 6.02. The van der Waals surface area contributed by atoms with Crippen LogP contribution in [0.1, 0.15) is 12.5 Å². The molecule has 1 fully saturated rings. The highest BCUT2D eigenvalue weighted by atomic mass is 32.2. The van der Waals surface area contributed by atoms with Crippen LogP contribution in [0.15, 0.2) is 71.6 Å². The van der Waals surface area contributed by atoms with Crippen LogP contribution in [0.25, 0.3) is 10.8 Å². The summed E-state index contributed by atoms with van der Waals surface area (Å²) >= 11 is 1.60. The molecular weight excluding hydrogens is 398 g/mol. The molecule has 4 rings (SSSR count). The summed E-state index contributed by atoms with van der Waals surface area (Å²) in [5, 5.41) is 7.50. The van der Waals surface area contributed by atoms with E-state index in [1.807, 2.05) is 60.9 Å². The van der Waals surface area contributed by atoms with Crippen molar-refractivity contribution in [2.75, 3.05) is 18.1 Å². The fourth-order valence-corrected chi connectivity index (χ4v) is 3.96. The monoisotopic (exact) mass is 419 g/mol. The van der Waals surface area contributed by atoms with Gasteiger partial charge in [-0.25, -0.2) is 4.79 Å². The van der Waals surface area contributed by atoms with E-state index in [2.05, 4.69) is 10.6 Å². The van der Waals surface area contributed by atoms with E-state index in [4.69, 9.17) is 0 Å². The molecule has 2 N–H and O–H groups in total. The van der Waals surface area contributed by atoms with Crippen LogP contribution in [0, 0.1) is 0 Å². The minimum atomic E-state index is -1.22. The summed E-state index contributed by atoms with van der Waals surface area (Å²) in [7, 11) is 0. The quantitative estimate of drug-likeness (QED) is 0.485. The summed E-state index contributed by atoms with van der Waals surface area (Å²) in [4.78, 5) is 40.1. The zero-order valence-electron chi connectivity index (χ0n) is 16.6. The molecule has 1 heterocycles. The van der Waals surface area contributed by atoms with E-state index in [0.717, 1.165) is 20.6 Å². The Morgan fingerprint density at radius 2 is 1.73 bits per heavy atom. The first kappa shape index (κ1) is 20.0. The maximum absolute atomic E-state index is 13.1. The Kier molecular flexibility index (Phi) is 5.22. The topological polar surface area (TPSA) is 78.5 Å². The average Bonchev–Trinajstić information content (AvgIpc) is 2.98. The van der Waals surface area contributed by atoms with Crippen molar-refractivity contribution in [3.8, 4) is 0 Å². The van der Waals surface area contributed by atoms with Gasteiger partial charge in [0.2, 0.25) is 5.91 Å². The number of hydrogen-bond donors (Lipinski definition) is 2. The van der Waals surface area contributed by atoms with Crippen molar-refractivity contribution in [1.29, 1.82) is 0 Å². The minimum Gasteiger partial charge on any atom is -0.325 e. The van der Waals surface area contributed by atoms with Gasteiger partial charge in [-0.05, 0) is 59.8 Å². The summed E-state index contributed by atoms with van der Waals surface area (Å²) in [5.41, 5.74) is 0.0683. The molecule has 1 aliphatic heterocycles. The molecule has 0 spiro atoms. The van der Waals surface area contributed by atoms with Gasteiger partial charge in [-0.3, -0.25) is 14.5 Å². The largest absolute Gasteiger partial charge is 0.325 e. The van der Waals surface area contributed by atoms with E-state index in [9.17, 15) is 14.4 Å². The van der Waals surface area contributed by atoms with Crippen LogP contribution in [-0.2, 0) is 15.1 Å². The molecule has 4 amide bonds. The van der Waals surface area contributed by atoms with Crippen LogP contribution in [0.5, 0.6) is 0 Å². The third-order valence-electron chi connectivity index (χ3n) is 5.28. The second kappa shape index (κ2) is 7.84. The molecular formula is C23H21N3O3S. The zero-order chi connectivity index (χ0) is 21.3. The van der Waals surface area contributed by atoms with Crippen molar-refractivity contribution in [3.05, 3.63) is 72.3 Å². The van der Waals surface area contributed by atoms with Gasteiger partial charge in [0, 0.05) is 10.6 Å². The lowest BCUT2D eigenvalue weighted by Crippen LogP contribution is -2.42. The first-order valence-corrected chi connectivity index (χ1v) is 10.7. The summed E-state index contributed by atoms with van der Waals surface area (Å²) < 4.78 is 0. The van der Waals surface area contributed by atoms with Crippen LogP contribution in [-0.4, -0.2) is 35.5 Å². The Morgan fingerprint density at radius 3 is 2.43 bits per heavy atom. The van der Waals surface area contributed by atoms with Gasteiger partial charge in [0.25, 0.3) is 5.91 Å². The van der Waals surface area contributed by atoms with Crippen LogP contribution in [0.3, 0.4) is 0 Å². The third kappa shape index (κ3) is 3.64. The minimum absolute atomic E-state index is 0.349. The smallest absolute Gasteiger partial charge is 0.325 e. The number of fused-ring (bicyclic) bond motifs is 1. The number of carbonyl (C=O) groups is 3. The molecule has 152 valence electrons. The average molecular weight is 420 g/mol. The second-order valence-electron chi connectivity index (χ2n) is 7.29. The van der Waals surface area contributed by atoms with Gasteiger partial charge < -0.3 is 10.6 Å². The molecule has 30 heavy (non-hydrogen) atoms. The SMILES string of the molecule is CSc1ccc(NC(=O)CN2C(=O)N[C@](C)(c3ccc4ccccc4c3)C2=O)cc1. The van der Waals surface area contributed by atoms with E-state index >= 15 is 0 Å². The van der Waals surface area contributed by atoms with Gasteiger partial charge in [-0.2, -0.15) is 0 Å². The molecule has 6 nitrogen and oxygen atoms in total. The zero-order valence-corrected chi connectivity index (χ0v) is 17.5. The predicted molar refractivity (Wildman–Crippen MR) is 118 cm³/mol. The molecule has 1 saturated heterocycles. The summed E-state index contributed by atoms with van der Waals surface area (Å²) in [6, 6.07) is 20.2. The number of benzene rings is 3. The summed E-state index contributed by atoms with van der Waals surface area (Å²) in [6.45, 7) is 1.31. The summed E-state index contributed by atoms with van der Waals surface area (Å²) in [6.07, 6.45) is 1.97. The van der Waals surface area contributed by atoms with E-state index in [-0.39, 0.29) is 6.54 Å². The first-order chi connectivity index (χ1) is 14.4. The maximum atomic E-state index is 13.1. The van der Waals surface area contributed by atoms with Crippen LogP contribution < -0.4 is 10.6 Å². The fourth-order valence-electron chi connectivity index (χ4n) is 3.56. The van der Waals surface area contributed by atoms with Gasteiger partial charge in [0.1, 0.15) is 12.1 Å². The fraction of sp³-hybridized carbons (Fsp3) is 0.174. The van der Waals surface area contributed by atoms with Gasteiger partial charge in [-0.1, -0.05) is 36.4 Å². The van der Waals surface area contributed by atoms with Crippen molar-refractivity contribution in [1.82, 2.24) is 10.2 Å². The number of thioether (sulfide) groups is 1. The lowest BCUT2D eigenvalue weighted by molar-refractivity contribution is -0.133. The number of imide groups is 1.